The van der Waals surface area contributed by atoms with E-state index in [1.807, 2.05) is 6.07 Å². The fourth-order valence-electron chi connectivity index (χ4n) is 2.28. The van der Waals surface area contributed by atoms with Crippen molar-refractivity contribution in [3.05, 3.63) is 54.2 Å². The van der Waals surface area contributed by atoms with E-state index in [9.17, 15) is 18.0 Å². The van der Waals surface area contributed by atoms with Crippen LogP contribution in [0.5, 0.6) is 11.6 Å². The molecule has 0 radical (unpaired) electrons. The summed E-state index contributed by atoms with van der Waals surface area (Å²) in [6.07, 6.45) is -4.90. The van der Waals surface area contributed by atoms with Crippen molar-refractivity contribution < 1.29 is 27.4 Å². The minimum atomic E-state index is -4.52. The highest BCUT2D eigenvalue weighted by Gasteiger charge is 2.35. The maximum atomic E-state index is 12.6. The van der Waals surface area contributed by atoms with Crippen LogP contribution in [-0.2, 0) is 11.0 Å². The van der Waals surface area contributed by atoms with Crippen molar-refractivity contribution in [1.29, 1.82) is 0 Å². The first-order valence-electron chi connectivity index (χ1n) is 7.58. The lowest BCUT2D eigenvalue weighted by Crippen LogP contribution is -2.57. The Balaban J connectivity index is 1.46. The Kier molecular flexibility index (Phi) is 4.78. The predicted octanol–water partition coefficient (Wildman–Crippen LogP) is 2.77. The molecule has 2 heterocycles. The lowest BCUT2D eigenvalue weighted by atomic mass is 10.1. The van der Waals surface area contributed by atoms with Gasteiger partial charge in [0.25, 0.3) is 5.91 Å². The van der Waals surface area contributed by atoms with Gasteiger partial charge in [-0.15, -0.1) is 0 Å². The van der Waals surface area contributed by atoms with Crippen LogP contribution in [0.2, 0.25) is 0 Å². The molecule has 1 fully saturated rings. The number of rotatable bonds is 5. The van der Waals surface area contributed by atoms with Crippen molar-refractivity contribution in [2.24, 2.45) is 0 Å². The number of ether oxygens (including phenoxy) is 2. The Morgan fingerprint density at radius 1 is 1.12 bits per heavy atom. The molecule has 25 heavy (non-hydrogen) atoms. The number of hydrogen-bond acceptors (Lipinski definition) is 4. The van der Waals surface area contributed by atoms with E-state index >= 15 is 0 Å². The van der Waals surface area contributed by atoms with Gasteiger partial charge >= 0.3 is 6.18 Å². The molecule has 0 spiro atoms. The fraction of sp³-hybridized carbons (Fsp3) is 0.294. The first-order valence-corrected chi connectivity index (χ1v) is 7.58. The van der Waals surface area contributed by atoms with Gasteiger partial charge in [-0.25, -0.2) is 4.98 Å². The molecule has 1 aromatic carbocycles. The highest BCUT2D eigenvalue weighted by Crippen LogP contribution is 2.29. The summed E-state index contributed by atoms with van der Waals surface area (Å²) >= 11 is 0. The van der Waals surface area contributed by atoms with Crippen molar-refractivity contribution in [3.63, 3.8) is 0 Å². The van der Waals surface area contributed by atoms with Gasteiger partial charge in [-0.05, 0) is 18.2 Å². The van der Waals surface area contributed by atoms with E-state index in [0.717, 1.165) is 6.07 Å². The van der Waals surface area contributed by atoms with Gasteiger partial charge in [-0.2, -0.15) is 13.2 Å². The molecule has 0 saturated carbocycles. The summed E-state index contributed by atoms with van der Waals surface area (Å²) in [6, 6.07) is 12.4. The average molecular weight is 352 g/mol. The Bertz CT molecular complexity index is 731. The molecule has 1 amide bonds. The number of nitrogens with zero attached hydrogens (tertiary/aromatic N) is 2. The zero-order chi connectivity index (χ0) is 17.9. The molecule has 1 aromatic heterocycles. The number of halogens is 3. The quantitative estimate of drug-likeness (QED) is 0.830. The van der Waals surface area contributed by atoms with Crippen molar-refractivity contribution in [2.45, 2.75) is 12.3 Å². The molecule has 0 aliphatic carbocycles. The monoisotopic (exact) mass is 352 g/mol. The Morgan fingerprint density at radius 2 is 1.84 bits per heavy atom. The number of carbonyl (C=O) groups is 1. The van der Waals surface area contributed by atoms with Gasteiger partial charge in [0, 0.05) is 6.07 Å². The van der Waals surface area contributed by atoms with Crippen LogP contribution in [0.3, 0.4) is 0 Å². The molecule has 1 aliphatic heterocycles. The number of benzene rings is 1. The largest absolute Gasteiger partial charge is 0.484 e. The minimum absolute atomic E-state index is 0.0987. The number of carbonyl (C=O) groups excluding carboxylic acids is 1. The van der Waals surface area contributed by atoms with Crippen LogP contribution >= 0.6 is 0 Å². The second-order valence-electron chi connectivity index (χ2n) is 5.50. The van der Waals surface area contributed by atoms with E-state index < -0.39 is 11.9 Å². The van der Waals surface area contributed by atoms with Gasteiger partial charge in [0.2, 0.25) is 5.88 Å². The van der Waals surface area contributed by atoms with E-state index in [2.05, 4.69) is 4.98 Å². The highest BCUT2D eigenvalue weighted by atomic mass is 19.4. The fourth-order valence-corrected chi connectivity index (χ4v) is 2.28. The average Bonchev–Trinajstić information content (AvgIpc) is 2.56. The van der Waals surface area contributed by atoms with E-state index in [0.29, 0.717) is 5.75 Å². The second kappa shape index (κ2) is 7.00. The minimum Gasteiger partial charge on any atom is -0.484 e. The normalized spacial score (nSPS) is 14.8. The van der Waals surface area contributed by atoms with Crippen LogP contribution < -0.4 is 9.47 Å². The zero-order valence-electron chi connectivity index (χ0n) is 13.1. The molecule has 1 aliphatic rings. The summed E-state index contributed by atoms with van der Waals surface area (Å²) in [5.74, 6) is 0.283. The van der Waals surface area contributed by atoms with E-state index in [4.69, 9.17) is 9.47 Å². The van der Waals surface area contributed by atoms with Crippen molar-refractivity contribution >= 4 is 5.91 Å². The first kappa shape index (κ1) is 17.1. The molecular formula is C17H15F3N2O3. The smallest absolute Gasteiger partial charge is 0.433 e. The Labute approximate surface area is 142 Å². The van der Waals surface area contributed by atoms with Crippen molar-refractivity contribution in [2.75, 3.05) is 19.7 Å². The number of para-hydroxylation sites is 1. The third-order valence-corrected chi connectivity index (χ3v) is 3.61. The van der Waals surface area contributed by atoms with Gasteiger partial charge in [-0.3, -0.25) is 4.79 Å². The molecule has 0 atom stereocenters. The number of hydrogen-bond donors (Lipinski definition) is 0. The molecule has 0 N–H and O–H groups in total. The van der Waals surface area contributed by atoms with Crippen molar-refractivity contribution in [1.82, 2.24) is 9.88 Å². The molecular weight excluding hydrogens is 337 g/mol. The molecule has 1 saturated heterocycles. The van der Waals surface area contributed by atoms with E-state index in [1.165, 1.54) is 17.0 Å². The van der Waals surface area contributed by atoms with Crippen molar-refractivity contribution in [3.8, 4) is 11.6 Å². The third-order valence-electron chi connectivity index (χ3n) is 3.61. The Morgan fingerprint density at radius 3 is 2.52 bits per heavy atom. The first-order chi connectivity index (χ1) is 11.9. The van der Waals surface area contributed by atoms with Gasteiger partial charge in [-0.1, -0.05) is 24.3 Å². The van der Waals surface area contributed by atoms with E-state index in [-0.39, 0.29) is 37.6 Å². The highest BCUT2D eigenvalue weighted by molar-refractivity contribution is 5.78. The summed E-state index contributed by atoms with van der Waals surface area (Å²) in [4.78, 5) is 16.9. The van der Waals surface area contributed by atoms with Crippen LogP contribution in [0.4, 0.5) is 13.2 Å². The molecule has 0 bridgehead atoms. The molecule has 5 nitrogen and oxygen atoms in total. The molecule has 132 valence electrons. The standard InChI is InChI=1S/C17H15F3N2O3/c18-17(19,20)14-7-4-8-15(21-14)25-13-9-22(10-13)16(23)11-24-12-5-2-1-3-6-12/h1-8,13H,9-11H2. The third kappa shape index (κ3) is 4.40. The van der Waals surface area contributed by atoms with Crippen LogP contribution in [0.1, 0.15) is 5.69 Å². The summed E-state index contributed by atoms with van der Waals surface area (Å²) in [7, 11) is 0. The summed E-state index contributed by atoms with van der Waals surface area (Å²) < 4.78 is 48.6. The molecule has 8 heteroatoms. The summed E-state index contributed by atoms with van der Waals surface area (Å²) in [5.41, 5.74) is -1.01. The predicted molar refractivity (Wildman–Crippen MR) is 82.2 cm³/mol. The van der Waals surface area contributed by atoms with Crippen LogP contribution in [0, 0.1) is 0 Å². The molecule has 3 rings (SSSR count). The molecule has 2 aromatic rings. The van der Waals surface area contributed by atoms with Crippen LogP contribution in [0.15, 0.2) is 48.5 Å². The summed E-state index contributed by atoms with van der Waals surface area (Å²) in [5, 5.41) is 0. The second-order valence-corrected chi connectivity index (χ2v) is 5.50. The number of aromatic nitrogens is 1. The number of alkyl halides is 3. The number of pyridine rings is 1. The number of amides is 1. The van der Waals surface area contributed by atoms with Gasteiger partial charge in [0.05, 0.1) is 13.1 Å². The van der Waals surface area contributed by atoms with E-state index in [1.54, 1.807) is 24.3 Å². The molecule has 0 unspecified atom stereocenters. The van der Waals surface area contributed by atoms with Gasteiger partial charge < -0.3 is 14.4 Å². The lowest BCUT2D eigenvalue weighted by molar-refractivity contribution is -0.143. The maximum absolute atomic E-state index is 12.6. The van der Waals surface area contributed by atoms with Gasteiger partial charge in [0.15, 0.2) is 6.61 Å². The van der Waals surface area contributed by atoms with Gasteiger partial charge in [0.1, 0.15) is 17.5 Å². The zero-order valence-corrected chi connectivity index (χ0v) is 13.1. The van der Waals surface area contributed by atoms with Crippen LogP contribution in [0.25, 0.3) is 0 Å². The van der Waals surface area contributed by atoms with Crippen LogP contribution in [-0.4, -0.2) is 41.6 Å². The lowest BCUT2D eigenvalue weighted by Gasteiger charge is -2.38. The SMILES string of the molecule is O=C(COc1ccccc1)N1CC(Oc2cccc(C(F)(F)F)n2)C1. The maximum Gasteiger partial charge on any atom is 0.433 e. The summed E-state index contributed by atoms with van der Waals surface area (Å²) in [6.45, 7) is 0.475. The number of likely N-dealkylation sites (tertiary alicyclic amines) is 1. The topological polar surface area (TPSA) is 51.7 Å². The Hall–Kier alpha value is -2.77.